The number of nitrogens with zero attached hydrogens (tertiary/aromatic N) is 1. The molecule has 4 nitrogen and oxygen atoms in total. The molecule has 1 aromatic carbocycles. The van der Waals surface area contributed by atoms with Crippen molar-refractivity contribution in [3.05, 3.63) is 35.4 Å². The molecule has 0 radical (unpaired) electrons. The van der Waals surface area contributed by atoms with E-state index in [1.54, 1.807) is 24.1 Å². The number of rotatable bonds is 3. The van der Waals surface area contributed by atoms with Gasteiger partial charge >= 0.3 is 0 Å². The largest absolute Gasteiger partial charge is 0.735 e. The molecular formula is C12H11FNO3S-. The standard InChI is InChI=1S/C12H12FNO3S/c1-2-7-14(18(15,16)17)12-10-6-4-3-5-9(10)8-11(12)13/h1,3-6,11-12H,7-8H2,(H,15,16,17)/p-1/t11-,12-/m0/s1/i7D2,13-1. The molecule has 1 aliphatic carbocycles. The summed E-state index contributed by atoms with van der Waals surface area (Å²) < 4.78 is 63.1. The Bertz CT molecular complexity index is 672. The molecule has 0 bridgehead atoms. The fraction of sp³-hybridized carbons (Fsp3) is 0.333. The summed E-state index contributed by atoms with van der Waals surface area (Å²) >= 11 is 0. The van der Waals surface area contributed by atoms with Crippen LogP contribution in [-0.4, -0.2) is 29.9 Å². The quantitative estimate of drug-likeness (QED) is 0.608. The number of alkyl halides is 1. The van der Waals surface area contributed by atoms with Crippen LogP contribution in [0.1, 0.15) is 19.9 Å². The highest BCUT2D eigenvalue weighted by molar-refractivity contribution is 7.83. The second-order valence-electron chi connectivity index (χ2n) is 3.87. The van der Waals surface area contributed by atoms with E-state index in [0.717, 1.165) is 0 Å². The molecule has 1 aromatic rings. The molecule has 0 saturated heterocycles. The van der Waals surface area contributed by atoms with Crippen LogP contribution < -0.4 is 0 Å². The number of hydrogen-bond acceptors (Lipinski definition) is 3. The van der Waals surface area contributed by atoms with Crippen molar-refractivity contribution in [2.24, 2.45) is 0 Å². The van der Waals surface area contributed by atoms with Crippen molar-refractivity contribution in [1.29, 1.82) is 0 Å². The number of hydrogen-bond donors (Lipinski definition) is 0. The Kier molecular flexibility index (Phi) is 2.73. The van der Waals surface area contributed by atoms with E-state index in [0.29, 0.717) is 5.56 Å². The van der Waals surface area contributed by atoms with Crippen molar-refractivity contribution in [3.63, 3.8) is 0 Å². The lowest BCUT2D eigenvalue weighted by Crippen LogP contribution is -2.37. The number of halogens is 1. The van der Waals surface area contributed by atoms with E-state index in [1.165, 1.54) is 6.07 Å². The first kappa shape index (κ1) is 10.5. The van der Waals surface area contributed by atoms with Gasteiger partial charge in [0, 0.05) is 6.42 Å². The van der Waals surface area contributed by atoms with Gasteiger partial charge in [0.15, 0.2) is 10.3 Å². The van der Waals surface area contributed by atoms with Crippen LogP contribution in [0, 0.1) is 12.3 Å². The minimum atomic E-state index is -5.27. The first-order valence-corrected chi connectivity index (χ1v) is 6.50. The van der Waals surface area contributed by atoms with Gasteiger partial charge in [-0.2, -0.15) is 4.31 Å². The van der Waals surface area contributed by atoms with E-state index in [4.69, 9.17) is 9.16 Å². The normalized spacial score (nSPS) is 25.2. The van der Waals surface area contributed by atoms with Gasteiger partial charge in [0.05, 0.1) is 15.3 Å². The lowest BCUT2D eigenvalue weighted by atomic mass is 10.1. The highest BCUT2D eigenvalue weighted by Crippen LogP contribution is 2.38. The molecule has 6 heteroatoms. The van der Waals surface area contributed by atoms with Gasteiger partial charge in [-0.1, -0.05) is 30.2 Å². The zero-order valence-electron chi connectivity index (χ0n) is 11.2. The smallest absolute Gasteiger partial charge is 0.163 e. The summed E-state index contributed by atoms with van der Waals surface area (Å²) in [5.74, 6) is 1.59. The predicted octanol–water partition coefficient (Wildman–Crippen LogP) is 1.02. The lowest BCUT2D eigenvalue weighted by molar-refractivity contribution is 0.194. The van der Waals surface area contributed by atoms with Crippen molar-refractivity contribution in [2.45, 2.75) is 18.6 Å². The van der Waals surface area contributed by atoms with E-state index in [-0.39, 0.29) is 16.3 Å². The minimum absolute atomic E-state index is 0.0898. The fourth-order valence-electron chi connectivity index (χ4n) is 2.13. The Morgan fingerprint density at radius 1 is 1.61 bits per heavy atom. The third-order valence-corrected chi connectivity index (χ3v) is 3.60. The first-order chi connectivity index (χ1) is 9.18. The van der Waals surface area contributed by atoms with Crippen molar-refractivity contribution in [3.8, 4) is 12.3 Å². The number of benzene rings is 1. The van der Waals surface area contributed by atoms with Crippen LogP contribution in [0.2, 0.25) is 0 Å². The van der Waals surface area contributed by atoms with E-state index < -0.39 is 29.0 Å². The Morgan fingerprint density at radius 3 is 2.89 bits per heavy atom. The average Bonchev–Trinajstić information content (AvgIpc) is 2.65. The van der Waals surface area contributed by atoms with Gasteiger partial charge in [-0.3, -0.25) is 0 Å². The molecule has 96 valence electrons. The molecule has 2 rings (SSSR count). The third kappa shape index (κ3) is 2.25. The monoisotopic (exact) mass is 269 g/mol. The predicted molar refractivity (Wildman–Crippen MR) is 63.0 cm³/mol. The summed E-state index contributed by atoms with van der Waals surface area (Å²) in [7, 11) is -5.27. The van der Waals surface area contributed by atoms with Gasteiger partial charge in [0.25, 0.3) is 0 Å². The minimum Gasteiger partial charge on any atom is -0.735 e. The molecule has 0 unspecified atom stereocenters. The van der Waals surface area contributed by atoms with Crippen LogP contribution in [0.4, 0.5) is 4.39 Å². The molecule has 0 amide bonds. The second kappa shape index (κ2) is 4.69. The van der Waals surface area contributed by atoms with Crippen LogP contribution in [0.3, 0.4) is 0 Å². The molecule has 2 atom stereocenters. The highest BCUT2D eigenvalue weighted by atomic mass is 32.2. The summed E-state index contributed by atoms with van der Waals surface area (Å²) in [6.45, 7) is -2.90. The van der Waals surface area contributed by atoms with Gasteiger partial charge in [-0.25, -0.2) is 12.8 Å². The number of fused-ring (bicyclic) bond motifs is 1. The summed E-state index contributed by atoms with van der Waals surface area (Å²) in [5, 5.41) is 0. The SMILES string of the molecule is [2H]C([2H])(C#C)N([C@H]1c2ccccc2C[C@@H]1[18F])S(=O)(=O)[O-]. The van der Waals surface area contributed by atoms with E-state index in [2.05, 4.69) is 0 Å². The van der Waals surface area contributed by atoms with Crippen LogP contribution in [-0.2, 0) is 16.7 Å². The molecule has 1 aliphatic rings. The number of terminal acetylenes is 1. The maximum absolute atomic E-state index is 14.1. The highest BCUT2D eigenvalue weighted by Gasteiger charge is 2.38. The van der Waals surface area contributed by atoms with Gasteiger partial charge in [-0.15, -0.1) is 6.42 Å². The molecule has 0 saturated carbocycles. The molecule has 0 fully saturated rings. The first-order valence-electron chi connectivity index (χ1n) is 6.13. The van der Waals surface area contributed by atoms with Crippen molar-refractivity contribution in [1.82, 2.24) is 4.31 Å². The summed E-state index contributed by atoms with van der Waals surface area (Å²) in [5.41, 5.74) is 0.796. The van der Waals surface area contributed by atoms with Gasteiger partial charge in [0.1, 0.15) is 6.17 Å². The molecule has 0 aromatic heterocycles. The average molecular weight is 269 g/mol. The zero-order valence-corrected chi connectivity index (χ0v) is 10.0. The van der Waals surface area contributed by atoms with Gasteiger partial charge in [0.2, 0.25) is 0 Å². The maximum atomic E-state index is 14.1. The van der Waals surface area contributed by atoms with E-state index in [1.807, 2.05) is 0 Å². The Morgan fingerprint density at radius 2 is 2.28 bits per heavy atom. The Balaban J connectivity index is 2.60. The van der Waals surface area contributed by atoms with E-state index in [9.17, 15) is 17.4 Å². The summed E-state index contributed by atoms with van der Waals surface area (Å²) in [6, 6.07) is 4.73. The van der Waals surface area contributed by atoms with Crippen molar-refractivity contribution >= 4 is 10.3 Å². The van der Waals surface area contributed by atoms with Crippen LogP contribution in [0.25, 0.3) is 0 Å². The fourth-order valence-corrected chi connectivity index (χ4v) is 2.81. The van der Waals surface area contributed by atoms with Crippen LogP contribution in [0.5, 0.6) is 0 Å². The van der Waals surface area contributed by atoms with Gasteiger partial charge in [-0.05, 0) is 11.1 Å². The molecule has 0 aliphatic heterocycles. The Labute approximate surface area is 108 Å². The lowest BCUT2D eigenvalue weighted by Gasteiger charge is -2.30. The Hall–Kier alpha value is -1.42. The van der Waals surface area contributed by atoms with Crippen LogP contribution in [0.15, 0.2) is 24.3 Å². The summed E-state index contributed by atoms with van der Waals surface area (Å²) in [6.07, 6.45) is 3.13. The zero-order chi connectivity index (χ0) is 15.1. The molecule has 0 N–H and O–H groups in total. The summed E-state index contributed by atoms with van der Waals surface area (Å²) in [4.78, 5) is 0. The van der Waals surface area contributed by atoms with Crippen molar-refractivity contribution in [2.75, 3.05) is 6.50 Å². The molecule has 0 heterocycles. The van der Waals surface area contributed by atoms with Gasteiger partial charge < -0.3 is 4.55 Å². The van der Waals surface area contributed by atoms with Crippen molar-refractivity contribution < 1.29 is 20.1 Å². The molecule has 18 heavy (non-hydrogen) atoms. The molecular weight excluding hydrogens is 256 g/mol. The second-order valence-corrected chi connectivity index (χ2v) is 5.12. The molecule has 0 spiro atoms. The third-order valence-electron chi connectivity index (χ3n) is 2.80. The maximum Gasteiger partial charge on any atom is 0.163 e. The van der Waals surface area contributed by atoms with E-state index >= 15 is 0 Å². The van der Waals surface area contributed by atoms with Crippen LogP contribution >= 0.6 is 0 Å². The topological polar surface area (TPSA) is 60.4 Å².